The Kier molecular flexibility index (Phi) is 17.7. The molecule has 0 aliphatic carbocycles. The number of carbonyl (C=O) groups is 5. The molecule has 0 fully saturated rings. The van der Waals surface area contributed by atoms with Crippen molar-refractivity contribution in [1.82, 2.24) is 5.32 Å². The van der Waals surface area contributed by atoms with Crippen LogP contribution >= 0.6 is 0 Å². The first-order chi connectivity index (χ1) is 22.8. The van der Waals surface area contributed by atoms with Gasteiger partial charge in [0.25, 0.3) is 0 Å². The number of hydrogen-bond acceptors (Lipinski definition) is 11. The van der Waals surface area contributed by atoms with Gasteiger partial charge >= 0.3 is 30.3 Å². The molecule has 1 amide bonds. The van der Waals surface area contributed by atoms with Gasteiger partial charge in [0.1, 0.15) is 28.9 Å². The van der Waals surface area contributed by atoms with Crippen molar-refractivity contribution in [2.24, 2.45) is 5.73 Å². The molecule has 0 saturated carbocycles. The quantitative estimate of drug-likeness (QED) is 0.110. The zero-order valence-electron chi connectivity index (χ0n) is 29.7. The second-order valence-corrected chi connectivity index (χ2v) is 13.5. The number of carboxylic acids is 2. The van der Waals surface area contributed by atoms with Crippen LogP contribution in [0.4, 0.5) is 20.1 Å². The zero-order valence-corrected chi connectivity index (χ0v) is 29.7. The topological polar surface area (TPSA) is 229 Å². The molecule has 2 atom stereocenters. The van der Waals surface area contributed by atoms with E-state index in [1.54, 1.807) is 111 Å². The lowest BCUT2D eigenvalue weighted by Crippen LogP contribution is -2.44. The third-order valence-corrected chi connectivity index (χ3v) is 5.24. The Morgan fingerprint density at radius 2 is 1.28 bits per heavy atom. The highest BCUT2D eigenvalue weighted by molar-refractivity contribution is 5.80. The van der Waals surface area contributed by atoms with Crippen LogP contribution in [0.3, 0.4) is 0 Å². The van der Waals surface area contributed by atoms with Gasteiger partial charge < -0.3 is 40.2 Å². The van der Waals surface area contributed by atoms with E-state index >= 15 is 0 Å². The molecular weight excluding hydrogens is 652 g/mol. The molecular formula is C35H46N4O11. The van der Waals surface area contributed by atoms with Crippen LogP contribution in [-0.2, 0) is 41.4 Å². The van der Waals surface area contributed by atoms with Gasteiger partial charge in [0.2, 0.25) is 0 Å². The third kappa shape index (κ3) is 22.0. The van der Waals surface area contributed by atoms with E-state index in [0.29, 0.717) is 16.8 Å². The van der Waals surface area contributed by atoms with Gasteiger partial charge in [-0.3, -0.25) is 4.79 Å². The van der Waals surface area contributed by atoms with Gasteiger partial charge in [0.05, 0.1) is 18.2 Å². The minimum Gasteiger partial charge on any atom is -0.480 e. The summed E-state index contributed by atoms with van der Waals surface area (Å²) in [4.78, 5) is 58.6. The molecule has 0 radical (unpaired) electrons. The molecule has 2 rings (SSSR count). The molecule has 15 heteroatoms. The smallest absolute Gasteiger partial charge is 0.480 e. The van der Waals surface area contributed by atoms with Gasteiger partial charge in [-0.25, -0.2) is 24.0 Å². The van der Waals surface area contributed by atoms with E-state index in [-0.39, 0.29) is 12.8 Å². The summed E-state index contributed by atoms with van der Waals surface area (Å²) >= 11 is 0. The molecule has 0 aliphatic rings. The Bertz CT molecular complexity index is 1530. The van der Waals surface area contributed by atoms with Gasteiger partial charge in [-0.15, -0.1) is 0 Å². The summed E-state index contributed by atoms with van der Waals surface area (Å²) in [5.41, 5.74) is 5.63. The van der Waals surface area contributed by atoms with Gasteiger partial charge in [0.15, 0.2) is 5.69 Å². The predicted molar refractivity (Wildman–Crippen MR) is 181 cm³/mol. The summed E-state index contributed by atoms with van der Waals surface area (Å²) in [6.45, 7) is 21.9. The largest absolute Gasteiger partial charge is 0.519 e. The molecule has 2 aromatic carbocycles. The number of amides is 1. The van der Waals surface area contributed by atoms with E-state index < -0.39 is 59.2 Å². The highest BCUT2D eigenvalue weighted by Crippen LogP contribution is 2.15. The number of benzene rings is 2. The van der Waals surface area contributed by atoms with E-state index in [9.17, 15) is 29.1 Å². The Balaban J connectivity index is 0.000000741. The summed E-state index contributed by atoms with van der Waals surface area (Å²) in [7, 11) is 0. The highest BCUT2D eigenvalue weighted by atomic mass is 16.8. The maximum absolute atomic E-state index is 11.6. The van der Waals surface area contributed by atoms with E-state index in [4.69, 9.17) is 36.9 Å². The lowest BCUT2D eigenvalue weighted by Gasteiger charge is -2.22. The van der Waals surface area contributed by atoms with Gasteiger partial charge in [-0.2, -0.15) is 5.26 Å². The number of alkyl carbamates (subject to hydrolysis) is 1. The van der Waals surface area contributed by atoms with Crippen molar-refractivity contribution in [1.29, 1.82) is 5.26 Å². The number of ether oxygens (including phenoxy) is 4. The van der Waals surface area contributed by atoms with E-state index in [1.165, 1.54) is 0 Å². The van der Waals surface area contributed by atoms with Crippen molar-refractivity contribution in [2.75, 3.05) is 0 Å². The summed E-state index contributed by atoms with van der Waals surface area (Å²) in [5, 5.41) is 28.9. The molecule has 50 heavy (non-hydrogen) atoms. The number of hydrogen-bond donors (Lipinski definition) is 4. The highest BCUT2D eigenvalue weighted by Gasteiger charge is 2.25. The SMILES string of the molecule is CC(C)(C)OC(=O)NC(Cc1cccc(C#N)c1)C(=O)O.CC(C)(C)OC(=O)OC(=O)OC(C)(C)C.[C-]#[N+]c1cccc(CC(N)C(=O)O)c1. The number of nitrogens with two attached hydrogens (primary N) is 1. The van der Waals surface area contributed by atoms with Crippen molar-refractivity contribution in [3.63, 3.8) is 0 Å². The molecule has 5 N–H and O–H groups in total. The van der Waals surface area contributed by atoms with Crippen molar-refractivity contribution < 1.29 is 53.1 Å². The van der Waals surface area contributed by atoms with E-state index in [2.05, 4.69) is 14.9 Å². The second kappa shape index (κ2) is 20.0. The van der Waals surface area contributed by atoms with Gasteiger partial charge in [-0.1, -0.05) is 42.0 Å². The lowest BCUT2D eigenvalue weighted by molar-refractivity contribution is -0.140. The first kappa shape index (κ1) is 44.3. The third-order valence-electron chi connectivity index (χ3n) is 5.24. The molecule has 0 heterocycles. The van der Waals surface area contributed by atoms with Crippen LogP contribution in [0, 0.1) is 17.9 Å². The van der Waals surface area contributed by atoms with Gasteiger partial charge in [0, 0.05) is 6.42 Å². The number of carbonyl (C=O) groups excluding carboxylic acids is 3. The average molecular weight is 699 g/mol. The normalized spacial score (nSPS) is 11.9. The minimum absolute atomic E-state index is 0.0735. The molecule has 2 unspecified atom stereocenters. The van der Waals surface area contributed by atoms with Crippen LogP contribution < -0.4 is 11.1 Å². The number of nitrogens with zero attached hydrogens (tertiary/aromatic N) is 2. The van der Waals surface area contributed by atoms with Crippen LogP contribution in [0.15, 0.2) is 48.5 Å². The first-order valence-electron chi connectivity index (χ1n) is 15.1. The Labute approximate surface area is 292 Å². The number of nitriles is 1. The molecule has 0 saturated heterocycles. The molecule has 0 bridgehead atoms. The predicted octanol–water partition coefficient (Wildman–Crippen LogP) is 6.14. The molecule has 2 aromatic rings. The fraction of sp³-hybridized carbons (Fsp3) is 0.457. The number of aliphatic carboxylic acids is 2. The maximum Gasteiger partial charge on any atom is 0.519 e. The number of rotatable bonds is 7. The molecule has 0 aromatic heterocycles. The maximum atomic E-state index is 11.6. The fourth-order valence-electron chi connectivity index (χ4n) is 3.36. The number of carboxylic acid groups (broad SMARTS) is 2. The van der Waals surface area contributed by atoms with Crippen molar-refractivity contribution >= 4 is 36.0 Å². The van der Waals surface area contributed by atoms with Gasteiger partial charge in [-0.05, 0) is 86.4 Å². The standard InChI is InChI=1S/C15H18N2O4.C10H10N2O2.C10H18O5/c1-15(2,3)21-14(20)17-12(13(18)19)8-10-5-4-6-11(7-10)9-16;1-12-8-4-2-3-7(5-8)6-9(11)10(13)14;1-9(2,3)14-7(11)13-8(12)15-10(4,5)6/h4-7,12H,8H2,1-3H3,(H,17,20)(H,18,19);2-5,9H,6,11H2,(H,13,14);1-6H3. The zero-order chi connectivity index (χ0) is 38.9. The molecule has 0 aliphatic heterocycles. The van der Waals surface area contributed by atoms with E-state index in [1.807, 2.05) is 6.07 Å². The average Bonchev–Trinajstić information content (AvgIpc) is 2.94. The lowest BCUT2D eigenvalue weighted by atomic mass is 10.0. The van der Waals surface area contributed by atoms with Crippen molar-refractivity contribution in [3.05, 3.63) is 76.6 Å². The monoisotopic (exact) mass is 698 g/mol. The second-order valence-electron chi connectivity index (χ2n) is 13.5. The molecule has 0 spiro atoms. The summed E-state index contributed by atoms with van der Waals surface area (Å²) in [5.74, 6) is -2.19. The van der Waals surface area contributed by atoms with Crippen molar-refractivity contribution in [2.45, 2.75) is 104 Å². The van der Waals surface area contributed by atoms with Crippen LogP contribution in [0.2, 0.25) is 0 Å². The van der Waals surface area contributed by atoms with E-state index in [0.717, 1.165) is 5.56 Å². The Morgan fingerprint density at radius 1 is 0.800 bits per heavy atom. The number of nitrogens with one attached hydrogen (secondary N) is 1. The first-order valence-corrected chi connectivity index (χ1v) is 15.1. The van der Waals surface area contributed by atoms with Crippen LogP contribution in [0.1, 0.15) is 79.0 Å². The minimum atomic E-state index is -1.16. The van der Waals surface area contributed by atoms with Crippen LogP contribution in [0.5, 0.6) is 0 Å². The summed E-state index contributed by atoms with van der Waals surface area (Å²) in [6.07, 6.45) is -2.58. The summed E-state index contributed by atoms with van der Waals surface area (Å²) < 4.78 is 18.8. The molecule has 272 valence electrons. The van der Waals surface area contributed by atoms with Crippen LogP contribution in [0.25, 0.3) is 4.85 Å². The van der Waals surface area contributed by atoms with Crippen LogP contribution in [-0.4, -0.2) is 69.4 Å². The van der Waals surface area contributed by atoms with Crippen molar-refractivity contribution in [3.8, 4) is 6.07 Å². The Hall–Kier alpha value is -5.67. The molecule has 15 nitrogen and oxygen atoms in total. The Morgan fingerprint density at radius 3 is 1.70 bits per heavy atom. The fourth-order valence-corrected chi connectivity index (χ4v) is 3.36. The summed E-state index contributed by atoms with van der Waals surface area (Å²) in [6, 6.07) is 13.3.